The average molecular weight is 193 g/mol. The lowest BCUT2D eigenvalue weighted by Crippen LogP contribution is -2.22. The van der Waals surface area contributed by atoms with Gasteiger partial charge in [0.25, 0.3) is 0 Å². The van der Waals surface area contributed by atoms with Crippen LogP contribution in [-0.2, 0) is 6.42 Å². The van der Waals surface area contributed by atoms with E-state index >= 15 is 0 Å². The minimum absolute atomic E-state index is 0.0866. The number of hydrogen-bond donors (Lipinski definition) is 1. The molecule has 76 valence electrons. The molecule has 0 aliphatic heterocycles. The molecule has 0 amide bonds. The van der Waals surface area contributed by atoms with Gasteiger partial charge in [-0.25, -0.2) is 9.97 Å². The number of aromatic nitrogens is 2. The summed E-state index contributed by atoms with van der Waals surface area (Å²) in [5.41, 5.74) is 6.06. The Balaban J connectivity index is 1.89. The molecule has 0 spiro atoms. The summed E-state index contributed by atoms with van der Waals surface area (Å²) in [6, 6.07) is 0. The van der Waals surface area contributed by atoms with Crippen LogP contribution in [-0.4, -0.2) is 22.6 Å². The number of ether oxygens (including phenoxy) is 1. The predicted molar refractivity (Wildman–Crippen MR) is 53.1 cm³/mol. The minimum Gasteiger partial charge on any atom is -0.494 e. The number of aryl methyl sites for hydroxylation is 1. The molecule has 0 bridgehead atoms. The summed E-state index contributed by atoms with van der Waals surface area (Å²) in [6.07, 6.45) is 7.52. The molecule has 1 aromatic heterocycles. The molecule has 1 heterocycles. The molecule has 1 saturated carbocycles. The van der Waals surface area contributed by atoms with Crippen molar-refractivity contribution in [3.63, 3.8) is 0 Å². The zero-order valence-corrected chi connectivity index (χ0v) is 8.36. The Labute approximate surface area is 83.5 Å². The molecule has 0 saturated heterocycles. The van der Waals surface area contributed by atoms with Crippen molar-refractivity contribution in [3.8, 4) is 5.75 Å². The van der Waals surface area contributed by atoms with Crippen molar-refractivity contribution in [2.75, 3.05) is 7.11 Å². The van der Waals surface area contributed by atoms with Crippen molar-refractivity contribution in [1.82, 2.24) is 9.97 Å². The highest BCUT2D eigenvalue weighted by Crippen LogP contribution is 2.36. The molecule has 2 rings (SSSR count). The van der Waals surface area contributed by atoms with Crippen LogP contribution in [0, 0.1) is 0 Å². The summed E-state index contributed by atoms with van der Waals surface area (Å²) in [4.78, 5) is 8.38. The summed E-state index contributed by atoms with van der Waals surface area (Å²) >= 11 is 0. The quantitative estimate of drug-likeness (QED) is 0.772. The summed E-state index contributed by atoms with van der Waals surface area (Å²) < 4.78 is 4.98. The van der Waals surface area contributed by atoms with E-state index in [2.05, 4.69) is 9.97 Å². The van der Waals surface area contributed by atoms with Crippen molar-refractivity contribution in [3.05, 3.63) is 18.2 Å². The first-order valence-electron chi connectivity index (χ1n) is 4.86. The van der Waals surface area contributed by atoms with Gasteiger partial charge in [0, 0.05) is 12.0 Å². The molecule has 0 atom stereocenters. The first-order chi connectivity index (χ1) is 6.72. The Morgan fingerprint density at radius 2 is 2.07 bits per heavy atom. The van der Waals surface area contributed by atoms with Crippen LogP contribution in [0.2, 0.25) is 0 Å². The summed E-state index contributed by atoms with van der Waals surface area (Å²) in [5.74, 6) is 1.55. The van der Waals surface area contributed by atoms with Crippen LogP contribution >= 0.6 is 0 Å². The van der Waals surface area contributed by atoms with Crippen LogP contribution in [0.25, 0.3) is 0 Å². The maximum absolute atomic E-state index is 5.97. The zero-order valence-electron chi connectivity index (χ0n) is 8.36. The zero-order chi connectivity index (χ0) is 10.0. The minimum atomic E-state index is 0.0866. The van der Waals surface area contributed by atoms with Crippen LogP contribution in [0.5, 0.6) is 5.75 Å². The number of nitrogens with zero attached hydrogens (tertiary/aromatic N) is 2. The molecule has 0 unspecified atom stereocenters. The molecule has 1 aliphatic rings. The molecule has 2 N–H and O–H groups in total. The first-order valence-corrected chi connectivity index (χ1v) is 4.86. The van der Waals surface area contributed by atoms with E-state index in [0.29, 0.717) is 5.75 Å². The third-order valence-electron chi connectivity index (χ3n) is 2.66. The highest BCUT2D eigenvalue weighted by molar-refractivity contribution is 5.12. The lowest BCUT2D eigenvalue weighted by atomic mass is 10.1. The van der Waals surface area contributed by atoms with Crippen LogP contribution in [0.15, 0.2) is 12.4 Å². The predicted octanol–water partition coefficient (Wildman–Crippen LogP) is 0.909. The number of hydrogen-bond acceptors (Lipinski definition) is 4. The van der Waals surface area contributed by atoms with E-state index < -0.39 is 0 Å². The van der Waals surface area contributed by atoms with E-state index in [9.17, 15) is 0 Å². The molecule has 0 aromatic carbocycles. The van der Waals surface area contributed by atoms with Crippen LogP contribution in [0.1, 0.15) is 25.1 Å². The lowest BCUT2D eigenvalue weighted by Gasteiger charge is -2.06. The Hall–Kier alpha value is -1.16. The van der Waals surface area contributed by atoms with Gasteiger partial charge >= 0.3 is 0 Å². The average Bonchev–Trinajstić information content (AvgIpc) is 2.95. The Bertz CT molecular complexity index is 306. The smallest absolute Gasteiger partial charge is 0.155 e. The van der Waals surface area contributed by atoms with E-state index in [4.69, 9.17) is 10.5 Å². The Morgan fingerprint density at radius 1 is 1.43 bits per heavy atom. The molecular formula is C10H15N3O. The van der Waals surface area contributed by atoms with Crippen LogP contribution in [0.3, 0.4) is 0 Å². The second-order valence-corrected chi connectivity index (χ2v) is 3.90. The third kappa shape index (κ3) is 2.20. The van der Waals surface area contributed by atoms with Gasteiger partial charge in [0.2, 0.25) is 0 Å². The van der Waals surface area contributed by atoms with E-state index in [0.717, 1.165) is 31.5 Å². The Morgan fingerprint density at radius 3 is 2.57 bits per heavy atom. The van der Waals surface area contributed by atoms with Crippen molar-refractivity contribution in [2.45, 2.75) is 31.2 Å². The van der Waals surface area contributed by atoms with Gasteiger partial charge in [0.05, 0.1) is 19.5 Å². The molecule has 1 aromatic rings. The van der Waals surface area contributed by atoms with Gasteiger partial charge in [0.1, 0.15) is 5.82 Å². The Kier molecular flexibility index (Phi) is 2.37. The van der Waals surface area contributed by atoms with Gasteiger partial charge in [0.15, 0.2) is 5.75 Å². The molecule has 0 radical (unpaired) electrons. The monoisotopic (exact) mass is 193 g/mol. The van der Waals surface area contributed by atoms with E-state index in [-0.39, 0.29) is 5.54 Å². The van der Waals surface area contributed by atoms with Crippen molar-refractivity contribution in [1.29, 1.82) is 0 Å². The summed E-state index contributed by atoms with van der Waals surface area (Å²) in [7, 11) is 1.61. The highest BCUT2D eigenvalue weighted by atomic mass is 16.5. The topological polar surface area (TPSA) is 61.0 Å². The normalized spacial score (nSPS) is 17.9. The van der Waals surface area contributed by atoms with Gasteiger partial charge < -0.3 is 10.5 Å². The lowest BCUT2D eigenvalue weighted by molar-refractivity contribution is 0.409. The van der Waals surface area contributed by atoms with Gasteiger partial charge in [-0.2, -0.15) is 0 Å². The number of nitrogens with two attached hydrogens (primary N) is 1. The third-order valence-corrected chi connectivity index (χ3v) is 2.66. The van der Waals surface area contributed by atoms with E-state index in [1.807, 2.05) is 0 Å². The maximum atomic E-state index is 5.97. The largest absolute Gasteiger partial charge is 0.494 e. The van der Waals surface area contributed by atoms with Gasteiger partial charge in [-0.1, -0.05) is 0 Å². The second kappa shape index (κ2) is 3.53. The summed E-state index contributed by atoms with van der Waals surface area (Å²) in [6.45, 7) is 0. The van der Waals surface area contributed by atoms with Gasteiger partial charge in [-0.3, -0.25) is 0 Å². The fourth-order valence-electron chi connectivity index (χ4n) is 1.35. The van der Waals surface area contributed by atoms with Crippen molar-refractivity contribution < 1.29 is 4.74 Å². The standard InChI is InChI=1S/C10H15N3O/c1-14-8-6-12-9(13-7-8)2-3-10(11)4-5-10/h6-7H,2-5,11H2,1H3. The van der Waals surface area contributed by atoms with E-state index in [1.54, 1.807) is 19.5 Å². The molecule has 14 heavy (non-hydrogen) atoms. The molecule has 1 aliphatic carbocycles. The number of rotatable bonds is 4. The van der Waals surface area contributed by atoms with Crippen LogP contribution in [0.4, 0.5) is 0 Å². The van der Waals surface area contributed by atoms with E-state index in [1.165, 1.54) is 0 Å². The maximum Gasteiger partial charge on any atom is 0.155 e. The van der Waals surface area contributed by atoms with Gasteiger partial charge in [-0.05, 0) is 19.3 Å². The molecule has 4 heteroatoms. The summed E-state index contributed by atoms with van der Waals surface area (Å²) in [5, 5.41) is 0. The fourth-order valence-corrected chi connectivity index (χ4v) is 1.35. The van der Waals surface area contributed by atoms with Crippen LogP contribution < -0.4 is 10.5 Å². The molecule has 4 nitrogen and oxygen atoms in total. The highest BCUT2D eigenvalue weighted by Gasteiger charge is 2.37. The SMILES string of the molecule is COc1cnc(CCC2(N)CC2)nc1. The van der Waals surface area contributed by atoms with Crippen molar-refractivity contribution >= 4 is 0 Å². The first kappa shape index (κ1) is 9.40. The molecular weight excluding hydrogens is 178 g/mol. The van der Waals surface area contributed by atoms with Gasteiger partial charge in [-0.15, -0.1) is 0 Å². The number of methoxy groups -OCH3 is 1. The van der Waals surface area contributed by atoms with Crippen molar-refractivity contribution in [2.24, 2.45) is 5.73 Å². The second-order valence-electron chi connectivity index (χ2n) is 3.90. The fraction of sp³-hybridized carbons (Fsp3) is 0.600. The molecule has 1 fully saturated rings.